The molecule has 0 saturated carbocycles. The molecule has 0 heterocycles. The van der Waals surface area contributed by atoms with Gasteiger partial charge in [-0.05, 0) is 12.0 Å². The Bertz CT molecular complexity index is 282. The molecule has 2 heteroatoms. The average molecular weight is 191 g/mol. The van der Waals surface area contributed by atoms with Crippen molar-refractivity contribution in [3.63, 3.8) is 0 Å². The normalized spacial score (nSPS) is 12.1. The lowest BCUT2D eigenvalue weighted by Crippen LogP contribution is -2.25. The fourth-order valence-corrected chi connectivity index (χ4v) is 1.60. The van der Waals surface area contributed by atoms with E-state index in [1.54, 1.807) is 7.05 Å². The molecular formula is C12H17NO. The van der Waals surface area contributed by atoms with E-state index in [0.29, 0.717) is 0 Å². The van der Waals surface area contributed by atoms with Crippen molar-refractivity contribution >= 4 is 5.91 Å². The number of rotatable bonds is 4. The third-order valence-corrected chi connectivity index (χ3v) is 2.34. The Hall–Kier alpha value is -1.31. The molecule has 0 saturated heterocycles. The number of amides is 1. The highest BCUT2D eigenvalue weighted by atomic mass is 16.1. The summed E-state index contributed by atoms with van der Waals surface area (Å²) in [5.41, 5.74) is 1.11. The van der Waals surface area contributed by atoms with Crippen LogP contribution in [0.3, 0.4) is 0 Å². The highest BCUT2D eigenvalue weighted by Gasteiger charge is 2.17. The third kappa shape index (κ3) is 2.59. The maximum Gasteiger partial charge on any atom is 0.227 e. The van der Waals surface area contributed by atoms with Crippen LogP contribution in [0, 0.1) is 0 Å². The van der Waals surface area contributed by atoms with Gasteiger partial charge in [-0.25, -0.2) is 0 Å². The van der Waals surface area contributed by atoms with Crippen molar-refractivity contribution in [1.82, 2.24) is 5.32 Å². The van der Waals surface area contributed by atoms with Gasteiger partial charge in [-0.3, -0.25) is 4.79 Å². The molecule has 0 spiro atoms. The minimum atomic E-state index is 0.00574. The molecule has 0 radical (unpaired) electrons. The third-order valence-electron chi connectivity index (χ3n) is 2.34. The van der Waals surface area contributed by atoms with Crippen LogP contribution in [-0.2, 0) is 4.79 Å². The van der Waals surface area contributed by atoms with Crippen LogP contribution < -0.4 is 5.32 Å². The smallest absolute Gasteiger partial charge is 0.227 e. The highest BCUT2D eigenvalue weighted by molar-refractivity contribution is 5.83. The monoisotopic (exact) mass is 191 g/mol. The summed E-state index contributed by atoms with van der Waals surface area (Å²) < 4.78 is 0. The molecule has 76 valence electrons. The first-order valence-electron chi connectivity index (χ1n) is 5.06. The number of hydrogen-bond donors (Lipinski definition) is 1. The van der Waals surface area contributed by atoms with Crippen molar-refractivity contribution in [3.05, 3.63) is 35.9 Å². The summed E-state index contributed by atoms with van der Waals surface area (Å²) >= 11 is 0. The van der Waals surface area contributed by atoms with Crippen LogP contribution >= 0.6 is 0 Å². The van der Waals surface area contributed by atoms with Gasteiger partial charge in [0.25, 0.3) is 0 Å². The van der Waals surface area contributed by atoms with Crippen LogP contribution in [0.1, 0.15) is 31.2 Å². The lowest BCUT2D eigenvalue weighted by Gasteiger charge is -2.14. The van der Waals surface area contributed by atoms with E-state index in [1.807, 2.05) is 30.3 Å². The molecule has 1 aromatic carbocycles. The molecule has 0 bridgehead atoms. The first-order chi connectivity index (χ1) is 6.79. The van der Waals surface area contributed by atoms with E-state index in [2.05, 4.69) is 12.2 Å². The molecule has 1 N–H and O–H groups in total. The van der Waals surface area contributed by atoms with Gasteiger partial charge in [0, 0.05) is 7.05 Å². The zero-order valence-electron chi connectivity index (χ0n) is 8.79. The van der Waals surface area contributed by atoms with Gasteiger partial charge in [-0.2, -0.15) is 0 Å². The number of nitrogens with one attached hydrogen (secondary N) is 1. The van der Waals surface area contributed by atoms with E-state index in [9.17, 15) is 4.79 Å². The van der Waals surface area contributed by atoms with Crippen LogP contribution in [0.15, 0.2) is 30.3 Å². The van der Waals surface area contributed by atoms with E-state index >= 15 is 0 Å². The summed E-state index contributed by atoms with van der Waals surface area (Å²) in [6.45, 7) is 2.10. The molecule has 14 heavy (non-hydrogen) atoms. The van der Waals surface area contributed by atoms with E-state index in [-0.39, 0.29) is 11.8 Å². The Morgan fingerprint density at radius 3 is 2.50 bits per heavy atom. The van der Waals surface area contributed by atoms with Gasteiger partial charge in [0.15, 0.2) is 0 Å². The molecule has 1 amide bonds. The van der Waals surface area contributed by atoms with Crippen molar-refractivity contribution in [2.45, 2.75) is 25.7 Å². The van der Waals surface area contributed by atoms with Crippen LogP contribution in [0.2, 0.25) is 0 Å². The lowest BCUT2D eigenvalue weighted by molar-refractivity contribution is -0.122. The molecule has 1 rings (SSSR count). The summed E-state index contributed by atoms with van der Waals surface area (Å²) in [6, 6.07) is 9.93. The average Bonchev–Trinajstić information content (AvgIpc) is 2.26. The second-order valence-corrected chi connectivity index (χ2v) is 3.37. The van der Waals surface area contributed by atoms with Gasteiger partial charge in [0.05, 0.1) is 5.92 Å². The molecule has 0 aliphatic heterocycles. The second-order valence-electron chi connectivity index (χ2n) is 3.37. The molecule has 0 aromatic heterocycles. The highest BCUT2D eigenvalue weighted by Crippen LogP contribution is 2.20. The molecule has 1 atom stereocenters. The maximum atomic E-state index is 11.6. The van der Waals surface area contributed by atoms with Gasteiger partial charge in [0.1, 0.15) is 0 Å². The standard InChI is InChI=1S/C12H17NO/c1-3-7-11(12(14)13-2)10-8-5-4-6-9-10/h4-6,8-9,11H,3,7H2,1-2H3,(H,13,14). The zero-order chi connectivity index (χ0) is 10.4. The van der Waals surface area contributed by atoms with Crippen molar-refractivity contribution in [3.8, 4) is 0 Å². The molecule has 2 nitrogen and oxygen atoms in total. The number of benzene rings is 1. The Morgan fingerprint density at radius 1 is 1.36 bits per heavy atom. The molecule has 1 unspecified atom stereocenters. The molecule has 0 aliphatic rings. The van der Waals surface area contributed by atoms with E-state index in [0.717, 1.165) is 18.4 Å². The largest absolute Gasteiger partial charge is 0.359 e. The first-order valence-corrected chi connectivity index (χ1v) is 5.06. The predicted octanol–water partition coefficient (Wildman–Crippen LogP) is 2.32. The van der Waals surface area contributed by atoms with Gasteiger partial charge in [0.2, 0.25) is 5.91 Å². The van der Waals surface area contributed by atoms with Crippen LogP contribution in [0.4, 0.5) is 0 Å². The van der Waals surface area contributed by atoms with Gasteiger partial charge < -0.3 is 5.32 Å². The van der Waals surface area contributed by atoms with Crippen molar-refractivity contribution in [1.29, 1.82) is 0 Å². The van der Waals surface area contributed by atoms with Crippen molar-refractivity contribution in [2.75, 3.05) is 7.05 Å². The zero-order valence-corrected chi connectivity index (χ0v) is 8.79. The number of hydrogen-bond acceptors (Lipinski definition) is 1. The van der Waals surface area contributed by atoms with Crippen molar-refractivity contribution in [2.24, 2.45) is 0 Å². The fourth-order valence-electron chi connectivity index (χ4n) is 1.60. The first kappa shape index (κ1) is 10.8. The van der Waals surface area contributed by atoms with Gasteiger partial charge in [-0.1, -0.05) is 43.7 Å². The molecule has 0 fully saturated rings. The predicted molar refractivity (Wildman–Crippen MR) is 58.2 cm³/mol. The SMILES string of the molecule is CCCC(C(=O)NC)c1ccccc1. The topological polar surface area (TPSA) is 29.1 Å². The number of likely N-dealkylation sites (N-methyl/N-ethyl adjacent to an activating group) is 1. The summed E-state index contributed by atoms with van der Waals surface area (Å²) in [5, 5.41) is 2.71. The summed E-state index contributed by atoms with van der Waals surface area (Å²) in [6.07, 6.45) is 1.93. The number of carbonyl (C=O) groups excluding carboxylic acids is 1. The quantitative estimate of drug-likeness (QED) is 0.777. The van der Waals surface area contributed by atoms with Crippen LogP contribution in [0.5, 0.6) is 0 Å². The van der Waals surface area contributed by atoms with Crippen LogP contribution in [0.25, 0.3) is 0 Å². The van der Waals surface area contributed by atoms with E-state index < -0.39 is 0 Å². The summed E-state index contributed by atoms with van der Waals surface area (Å²) in [7, 11) is 1.69. The van der Waals surface area contributed by atoms with Gasteiger partial charge in [-0.15, -0.1) is 0 Å². The minimum Gasteiger partial charge on any atom is -0.359 e. The maximum absolute atomic E-state index is 11.6. The Balaban J connectivity index is 2.83. The summed E-state index contributed by atoms with van der Waals surface area (Å²) in [4.78, 5) is 11.6. The van der Waals surface area contributed by atoms with Crippen molar-refractivity contribution < 1.29 is 4.79 Å². The lowest BCUT2D eigenvalue weighted by atomic mass is 9.94. The van der Waals surface area contributed by atoms with Gasteiger partial charge >= 0.3 is 0 Å². The van der Waals surface area contributed by atoms with E-state index in [1.165, 1.54) is 0 Å². The summed E-state index contributed by atoms with van der Waals surface area (Å²) in [5.74, 6) is 0.115. The van der Waals surface area contributed by atoms with Crippen LogP contribution in [-0.4, -0.2) is 13.0 Å². The molecular weight excluding hydrogens is 174 g/mol. The van der Waals surface area contributed by atoms with E-state index in [4.69, 9.17) is 0 Å². The number of carbonyl (C=O) groups is 1. The Kier molecular flexibility index (Phi) is 4.17. The second kappa shape index (κ2) is 5.43. The Morgan fingerprint density at radius 2 is 2.00 bits per heavy atom. The fraction of sp³-hybridized carbons (Fsp3) is 0.417. The Labute approximate surface area is 85.3 Å². The minimum absolute atomic E-state index is 0.00574. The molecule has 1 aromatic rings. The molecule has 0 aliphatic carbocycles.